The summed E-state index contributed by atoms with van der Waals surface area (Å²) >= 11 is 0. The molecule has 0 aliphatic carbocycles. The van der Waals surface area contributed by atoms with Crippen LogP contribution in [0.4, 0.5) is 0 Å². The lowest BCUT2D eigenvalue weighted by Gasteiger charge is -2.37. The first kappa shape index (κ1) is 23.7. The van der Waals surface area contributed by atoms with Crippen molar-refractivity contribution in [2.75, 3.05) is 6.61 Å². The van der Waals surface area contributed by atoms with Crippen molar-refractivity contribution in [2.45, 2.75) is 18.4 Å². The van der Waals surface area contributed by atoms with Crippen LogP contribution < -0.4 is 4.74 Å². The van der Waals surface area contributed by atoms with Gasteiger partial charge in [-0.25, -0.2) is 4.79 Å². The highest BCUT2D eigenvalue weighted by atomic mass is 16.5. The van der Waals surface area contributed by atoms with Crippen molar-refractivity contribution in [1.29, 1.82) is 0 Å². The molecule has 0 radical (unpaired) electrons. The van der Waals surface area contributed by atoms with Crippen LogP contribution in [0, 0.1) is 0 Å². The zero-order valence-electron chi connectivity index (χ0n) is 21.0. The van der Waals surface area contributed by atoms with Gasteiger partial charge in [-0.05, 0) is 42.0 Å². The third-order valence-corrected chi connectivity index (χ3v) is 7.10. The van der Waals surface area contributed by atoms with E-state index in [0.717, 1.165) is 40.3 Å². The number of hydrogen-bond donors (Lipinski definition) is 0. The Bertz CT molecular complexity index is 1550. The second-order valence-electron chi connectivity index (χ2n) is 9.52. The van der Waals surface area contributed by atoms with E-state index in [4.69, 9.17) is 9.47 Å². The highest BCUT2D eigenvalue weighted by Gasteiger charge is 2.38. The Morgan fingerprint density at radius 1 is 0.737 bits per heavy atom. The predicted octanol–water partition coefficient (Wildman–Crippen LogP) is 7.98. The van der Waals surface area contributed by atoms with Crippen LogP contribution in [0.25, 0.3) is 16.8 Å². The van der Waals surface area contributed by atoms with Crippen LogP contribution in [0.5, 0.6) is 5.75 Å². The summed E-state index contributed by atoms with van der Waals surface area (Å²) in [7, 11) is 0. The third kappa shape index (κ3) is 4.48. The average Bonchev–Trinajstić information content (AvgIpc) is 3.00. The Hall–Kier alpha value is -4.63. The summed E-state index contributed by atoms with van der Waals surface area (Å²) in [6.07, 6.45) is 5.71. The van der Waals surface area contributed by atoms with E-state index in [9.17, 15) is 4.79 Å². The Kier molecular flexibility index (Phi) is 6.49. The Morgan fingerprint density at radius 2 is 1.34 bits per heavy atom. The van der Waals surface area contributed by atoms with Gasteiger partial charge >= 0.3 is 5.97 Å². The Balaban J connectivity index is 1.37. The number of benzene rings is 5. The van der Waals surface area contributed by atoms with Crippen LogP contribution in [0.3, 0.4) is 0 Å². The molecule has 0 aromatic heterocycles. The number of fused-ring (bicyclic) bond motifs is 3. The van der Waals surface area contributed by atoms with Crippen molar-refractivity contribution in [1.82, 2.24) is 0 Å². The average molecular weight is 497 g/mol. The number of carbonyl (C=O) groups excluding carboxylic acids is 1. The zero-order valence-corrected chi connectivity index (χ0v) is 21.0. The molecule has 1 aliphatic heterocycles. The molecule has 0 bridgehead atoms. The molecular weight excluding hydrogens is 468 g/mol. The van der Waals surface area contributed by atoms with Gasteiger partial charge in [0.25, 0.3) is 0 Å². The third-order valence-electron chi connectivity index (χ3n) is 7.10. The summed E-state index contributed by atoms with van der Waals surface area (Å²) in [5.41, 5.74) is 3.72. The highest BCUT2D eigenvalue weighted by molar-refractivity contribution is 6.04. The first-order valence-corrected chi connectivity index (χ1v) is 13.0. The van der Waals surface area contributed by atoms with Crippen LogP contribution in [0.1, 0.15) is 39.0 Å². The van der Waals surface area contributed by atoms with Crippen LogP contribution in [0.15, 0.2) is 127 Å². The summed E-state index contributed by atoms with van der Waals surface area (Å²) in [6.45, 7) is 0.359. The molecule has 0 N–H and O–H groups in total. The van der Waals surface area contributed by atoms with E-state index in [-0.39, 0.29) is 5.97 Å². The summed E-state index contributed by atoms with van der Waals surface area (Å²) in [4.78, 5) is 13.4. The lowest BCUT2D eigenvalue weighted by atomic mass is 9.82. The molecule has 0 amide bonds. The van der Waals surface area contributed by atoms with Gasteiger partial charge in [0.05, 0.1) is 12.2 Å². The van der Waals surface area contributed by atoms with Gasteiger partial charge < -0.3 is 9.47 Å². The van der Waals surface area contributed by atoms with E-state index in [1.165, 1.54) is 5.56 Å². The first-order chi connectivity index (χ1) is 18.7. The fraction of sp³-hybridized carbons (Fsp3) is 0.114. The largest absolute Gasteiger partial charge is 0.472 e. The van der Waals surface area contributed by atoms with E-state index in [2.05, 4.69) is 42.5 Å². The molecule has 5 aromatic rings. The van der Waals surface area contributed by atoms with E-state index in [1.807, 2.05) is 91.0 Å². The molecule has 38 heavy (non-hydrogen) atoms. The molecule has 1 aliphatic rings. The molecule has 6 rings (SSSR count). The van der Waals surface area contributed by atoms with Crippen molar-refractivity contribution in [2.24, 2.45) is 0 Å². The molecule has 3 nitrogen and oxygen atoms in total. The van der Waals surface area contributed by atoms with E-state index in [1.54, 1.807) is 0 Å². The molecule has 3 heteroatoms. The quantitative estimate of drug-likeness (QED) is 0.169. The maximum absolute atomic E-state index is 13.4. The van der Waals surface area contributed by atoms with Gasteiger partial charge in [0.2, 0.25) is 0 Å². The summed E-state index contributed by atoms with van der Waals surface area (Å²) in [5.74, 6) is 0.356. The topological polar surface area (TPSA) is 35.5 Å². The van der Waals surface area contributed by atoms with Gasteiger partial charge in [-0.15, -0.1) is 0 Å². The Morgan fingerprint density at radius 3 is 2.03 bits per heavy atom. The van der Waals surface area contributed by atoms with Crippen molar-refractivity contribution in [3.05, 3.63) is 155 Å². The maximum Gasteiger partial charge on any atom is 0.338 e. The zero-order chi connectivity index (χ0) is 25.8. The molecule has 0 atom stereocenters. The minimum atomic E-state index is -0.823. The van der Waals surface area contributed by atoms with Gasteiger partial charge in [0.1, 0.15) is 5.75 Å². The molecule has 0 unspecified atom stereocenters. The second-order valence-corrected chi connectivity index (χ2v) is 9.52. The number of rotatable bonds is 7. The van der Waals surface area contributed by atoms with Crippen molar-refractivity contribution in [3.63, 3.8) is 0 Å². The molecule has 0 fully saturated rings. The number of aryl methyl sites for hydroxylation is 1. The van der Waals surface area contributed by atoms with Crippen LogP contribution >= 0.6 is 0 Å². The minimum Gasteiger partial charge on any atom is -0.472 e. The van der Waals surface area contributed by atoms with Crippen LogP contribution in [-0.2, 0) is 16.8 Å². The van der Waals surface area contributed by atoms with E-state index >= 15 is 0 Å². The number of esters is 1. The maximum atomic E-state index is 13.4. The van der Waals surface area contributed by atoms with Gasteiger partial charge in [-0.1, -0.05) is 115 Å². The SMILES string of the molecule is O=C(OCCCc1ccccc1)c1cc2ccccc2c2c1C=CC(c1ccccc1)(c1ccccc1)O2. The van der Waals surface area contributed by atoms with Crippen molar-refractivity contribution >= 4 is 22.8 Å². The van der Waals surface area contributed by atoms with Crippen molar-refractivity contribution < 1.29 is 14.3 Å². The molecular formula is C35H28O3. The predicted molar refractivity (Wildman–Crippen MR) is 152 cm³/mol. The highest BCUT2D eigenvalue weighted by Crippen LogP contribution is 2.46. The van der Waals surface area contributed by atoms with E-state index in [0.29, 0.717) is 17.9 Å². The second kappa shape index (κ2) is 10.4. The summed E-state index contributed by atoms with van der Waals surface area (Å²) in [5, 5.41) is 1.90. The van der Waals surface area contributed by atoms with Gasteiger partial charge in [0, 0.05) is 22.1 Å². The monoisotopic (exact) mass is 496 g/mol. The smallest absolute Gasteiger partial charge is 0.338 e. The lowest BCUT2D eigenvalue weighted by Crippen LogP contribution is -2.34. The number of hydrogen-bond acceptors (Lipinski definition) is 3. The van der Waals surface area contributed by atoms with Gasteiger partial charge in [-0.2, -0.15) is 0 Å². The molecule has 186 valence electrons. The van der Waals surface area contributed by atoms with Gasteiger partial charge in [-0.3, -0.25) is 0 Å². The van der Waals surface area contributed by atoms with Crippen LogP contribution in [-0.4, -0.2) is 12.6 Å². The number of carbonyl (C=O) groups is 1. The summed E-state index contributed by atoms with van der Waals surface area (Å²) in [6, 6.07) is 40.6. The normalized spacial score (nSPS) is 13.5. The standard InChI is InChI=1S/C35H28O3/c36-34(37-24-12-15-26-13-4-1-5-14-26)32-25-27-16-10-11-21-30(27)33-31(32)22-23-35(38-33,28-17-6-2-7-18-28)29-19-8-3-9-20-29/h1-11,13-14,16-23,25H,12,15,24H2. The molecule has 0 spiro atoms. The Labute approximate surface area is 223 Å². The van der Waals surface area contributed by atoms with Crippen molar-refractivity contribution in [3.8, 4) is 5.75 Å². The molecule has 5 aromatic carbocycles. The lowest BCUT2D eigenvalue weighted by molar-refractivity contribution is 0.0499. The van der Waals surface area contributed by atoms with Crippen LogP contribution in [0.2, 0.25) is 0 Å². The fourth-order valence-corrected chi connectivity index (χ4v) is 5.18. The number of ether oxygens (including phenoxy) is 2. The van der Waals surface area contributed by atoms with Gasteiger partial charge in [0.15, 0.2) is 5.60 Å². The fourth-order valence-electron chi connectivity index (χ4n) is 5.18. The van der Waals surface area contributed by atoms with E-state index < -0.39 is 5.60 Å². The minimum absolute atomic E-state index is 0.333. The molecule has 1 heterocycles. The molecule has 0 saturated heterocycles. The summed E-state index contributed by atoms with van der Waals surface area (Å²) < 4.78 is 12.7. The molecule has 0 saturated carbocycles. The first-order valence-electron chi connectivity index (χ1n) is 13.0.